The number of hydrogen-bond acceptors (Lipinski definition) is 4. The molecule has 1 aromatic heterocycles. The molecule has 0 fully saturated rings. The van der Waals surface area contributed by atoms with Gasteiger partial charge in [0.15, 0.2) is 0 Å². The summed E-state index contributed by atoms with van der Waals surface area (Å²) in [6, 6.07) is 0. The summed E-state index contributed by atoms with van der Waals surface area (Å²) in [5.74, 6) is 3.34. The first-order chi connectivity index (χ1) is 7.70. The first kappa shape index (κ1) is 12.0. The third kappa shape index (κ3) is 2.63. The molecule has 2 rings (SSSR count). The van der Waals surface area contributed by atoms with Crippen molar-refractivity contribution in [2.24, 2.45) is 0 Å². The largest absolute Gasteiger partial charge is 0.310 e. The normalized spacial score (nSPS) is 16.1. The molecule has 3 nitrogen and oxygen atoms in total. The van der Waals surface area contributed by atoms with Gasteiger partial charge in [0, 0.05) is 22.3 Å². The van der Waals surface area contributed by atoms with Gasteiger partial charge < -0.3 is 4.98 Å². The van der Waals surface area contributed by atoms with Gasteiger partial charge in [0.1, 0.15) is 5.82 Å². The fourth-order valence-electron chi connectivity index (χ4n) is 1.52. The van der Waals surface area contributed by atoms with Gasteiger partial charge in [0.05, 0.1) is 11.4 Å². The summed E-state index contributed by atoms with van der Waals surface area (Å²) < 4.78 is 0. The summed E-state index contributed by atoms with van der Waals surface area (Å²) in [5, 5.41) is 0.618. The van der Waals surface area contributed by atoms with E-state index in [1.54, 1.807) is 11.8 Å². The van der Waals surface area contributed by atoms with Crippen LogP contribution in [0.15, 0.2) is 4.79 Å². The minimum atomic E-state index is 0.0646. The Morgan fingerprint density at radius 1 is 1.56 bits per heavy atom. The lowest BCUT2D eigenvalue weighted by Crippen LogP contribution is -2.16. The Bertz CT molecular complexity index is 430. The summed E-state index contributed by atoms with van der Waals surface area (Å²) in [4.78, 5) is 19.1. The second-order valence-electron chi connectivity index (χ2n) is 3.96. The van der Waals surface area contributed by atoms with Gasteiger partial charge in [-0.05, 0) is 6.42 Å². The molecule has 1 unspecified atom stereocenters. The van der Waals surface area contributed by atoms with Crippen molar-refractivity contribution in [3.05, 3.63) is 27.4 Å². The Balaban J connectivity index is 2.11. The molecule has 0 aromatic carbocycles. The molecule has 1 aliphatic heterocycles. The summed E-state index contributed by atoms with van der Waals surface area (Å²) >= 11 is 3.61. The lowest BCUT2D eigenvalue weighted by molar-refractivity contribution is 0.894. The van der Waals surface area contributed by atoms with E-state index in [4.69, 9.17) is 0 Å². The third-order valence-corrected chi connectivity index (χ3v) is 5.03. The highest BCUT2D eigenvalue weighted by Crippen LogP contribution is 2.26. The molecular formula is C11H16N2OS2. The van der Waals surface area contributed by atoms with Crippen LogP contribution >= 0.6 is 23.5 Å². The van der Waals surface area contributed by atoms with E-state index in [0.717, 1.165) is 40.8 Å². The van der Waals surface area contributed by atoms with Gasteiger partial charge in [0.2, 0.25) is 0 Å². The highest BCUT2D eigenvalue weighted by Gasteiger charge is 2.17. The topological polar surface area (TPSA) is 45.8 Å². The van der Waals surface area contributed by atoms with Crippen LogP contribution in [0.1, 0.15) is 37.4 Å². The van der Waals surface area contributed by atoms with Crippen LogP contribution in [0.25, 0.3) is 0 Å². The zero-order valence-corrected chi connectivity index (χ0v) is 11.2. The molecule has 0 radical (unpaired) electrons. The van der Waals surface area contributed by atoms with Gasteiger partial charge in [-0.3, -0.25) is 4.79 Å². The first-order valence-corrected chi connectivity index (χ1v) is 7.71. The van der Waals surface area contributed by atoms with Gasteiger partial charge in [-0.1, -0.05) is 13.8 Å². The molecule has 5 heteroatoms. The average Bonchev–Trinajstić information content (AvgIpc) is 2.74. The smallest absolute Gasteiger partial charge is 0.255 e. The van der Waals surface area contributed by atoms with E-state index in [1.165, 1.54) is 0 Å². The lowest BCUT2D eigenvalue weighted by Gasteiger charge is -2.08. The van der Waals surface area contributed by atoms with Crippen LogP contribution < -0.4 is 5.56 Å². The quantitative estimate of drug-likeness (QED) is 0.899. The van der Waals surface area contributed by atoms with E-state index >= 15 is 0 Å². The maximum atomic E-state index is 11.7. The fourth-order valence-corrected chi connectivity index (χ4v) is 3.37. The molecule has 2 heterocycles. The zero-order chi connectivity index (χ0) is 11.5. The van der Waals surface area contributed by atoms with Crippen molar-refractivity contribution in [3.63, 3.8) is 0 Å². The number of fused-ring (bicyclic) bond motifs is 1. The molecule has 0 saturated carbocycles. The zero-order valence-electron chi connectivity index (χ0n) is 9.58. The Kier molecular flexibility index (Phi) is 3.97. The highest BCUT2D eigenvalue weighted by molar-refractivity contribution is 7.99. The van der Waals surface area contributed by atoms with E-state index in [0.29, 0.717) is 5.25 Å². The Morgan fingerprint density at radius 2 is 2.38 bits per heavy atom. The van der Waals surface area contributed by atoms with E-state index in [1.807, 2.05) is 11.8 Å². The van der Waals surface area contributed by atoms with Crippen LogP contribution in [-0.4, -0.2) is 15.2 Å². The number of nitrogens with zero attached hydrogens (tertiary/aromatic N) is 1. The molecule has 0 saturated heterocycles. The van der Waals surface area contributed by atoms with Gasteiger partial charge in [-0.2, -0.15) is 23.5 Å². The minimum Gasteiger partial charge on any atom is -0.310 e. The molecule has 88 valence electrons. The summed E-state index contributed by atoms with van der Waals surface area (Å²) in [6.45, 7) is 4.37. The van der Waals surface area contributed by atoms with Crippen molar-refractivity contribution < 1.29 is 0 Å². The molecule has 0 amide bonds. The molecule has 1 N–H and O–H groups in total. The molecule has 1 atom stereocenters. The van der Waals surface area contributed by atoms with Gasteiger partial charge in [0.25, 0.3) is 5.56 Å². The predicted molar refractivity (Wildman–Crippen MR) is 70.9 cm³/mol. The molecule has 1 aliphatic rings. The van der Waals surface area contributed by atoms with Gasteiger partial charge in [-0.15, -0.1) is 0 Å². The van der Waals surface area contributed by atoms with Crippen molar-refractivity contribution in [2.75, 3.05) is 0 Å². The van der Waals surface area contributed by atoms with Crippen LogP contribution in [0, 0.1) is 0 Å². The highest BCUT2D eigenvalue weighted by atomic mass is 32.2. The lowest BCUT2D eigenvalue weighted by atomic mass is 10.3. The molecule has 0 spiro atoms. The van der Waals surface area contributed by atoms with Crippen LogP contribution in [0.2, 0.25) is 0 Å². The third-order valence-electron chi connectivity index (χ3n) is 2.71. The minimum absolute atomic E-state index is 0.0646. The van der Waals surface area contributed by atoms with Crippen LogP contribution in [-0.2, 0) is 17.3 Å². The van der Waals surface area contributed by atoms with Crippen molar-refractivity contribution >= 4 is 23.5 Å². The number of rotatable bonds is 4. The number of aromatic amines is 1. The summed E-state index contributed by atoms with van der Waals surface area (Å²) in [6.07, 6.45) is 1.15. The van der Waals surface area contributed by atoms with E-state index < -0.39 is 0 Å². The number of nitrogens with one attached hydrogen (secondary N) is 1. The second-order valence-corrected chi connectivity index (χ2v) is 6.37. The Labute approximate surface area is 104 Å². The van der Waals surface area contributed by atoms with Gasteiger partial charge >= 0.3 is 0 Å². The van der Waals surface area contributed by atoms with E-state index in [9.17, 15) is 4.79 Å². The van der Waals surface area contributed by atoms with E-state index in [2.05, 4.69) is 23.8 Å². The molecule has 16 heavy (non-hydrogen) atoms. The van der Waals surface area contributed by atoms with Crippen molar-refractivity contribution in [1.82, 2.24) is 9.97 Å². The summed E-state index contributed by atoms with van der Waals surface area (Å²) in [7, 11) is 0. The average molecular weight is 256 g/mol. The maximum absolute atomic E-state index is 11.7. The van der Waals surface area contributed by atoms with Crippen molar-refractivity contribution in [2.45, 2.75) is 42.8 Å². The molecule has 0 bridgehead atoms. The summed E-state index contributed by atoms with van der Waals surface area (Å²) in [5.41, 5.74) is 1.94. The molecule has 1 aromatic rings. The first-order valence-electron chi connectivity index (χ1n) is 5.51. The number of thioether (sulfide) groups is 2. The second kappa shape index (κ2) is 5.27. The number of aromatic nitrogens is 2. The van der Waals surface area contributed by atoms with Crippen molar-refractivity contribution in [3.8, 4) is 0 Å². The van der Waals surface area contributed by atoms with Crippen LogP contribution in [0.4, 0.5) is 0 Å². The van der Waals surface area contributed by atoms with Crippen LogP contribution in [0.5, 0.6) is 0 Å². The SMILES string of the molecule is CCC(C)SCc1nc2c(c(=O)[nH]1)CSC2. The van der Waals surface area contributed by atoms with E-state index in [-0.39, 0.29) is 5.56 Å². The standard InChI is InChI=1S/C11H16N2OS2/c1-3-7(2)16-6-10-12-9-5-15-4-8(9)11(14)13-10/h7H,3-6H2,1-2H3,(H,12,13,14). The predicted octanol–water partition coefficient (Wildman–Crippen LogP) is 2.55. The van der Waals surface area contributed by atoms with Crippen LogP contribution in [0.3, 0.4) is 0 Å². The molecular weight excluding hydrogens is 240 g/mol. The number of hydrogen-bond donors (Lipinski definition) is 1. The van der Waals surface area contributed by atoms with Gasteiger partial charge in [-0.25, -0.2) is 4.98 Å². The Morgan fingerprint density at radius 3 is 3.12 bits per heavy atom. The Hall–Kier alpha value is -0.420. The monoisotopic (exact) mass is 256 g/mol. The fraction of sp³-hybridized carbons (Fsp3) is 0.636. The number of H-pyrrole nitrogens is 1. The van der Waals surface area contributed by atoms with Crippen molar-refractivity contribution in [1.29, 1.82) is 0 Å². The molecule has 0 aliphatic carbocycles. The maximum Gasteiger partial charge on any atom is 0.255 e.